The maximum atomic E-state index is 11.1. The highest BCUT2D eigenvalue weighted by Crippen LogP contribution is 2.35. The van der Waals surface area contributed by atoms with Crippen LogP contribution in [0.1, 0.15) is 16.7 Å². The minimum Gasteiger partial charge on any atom is -0.391 e. The summed E-state index contributed by atoms with van der Waals surface area (Å²) in [4.78, 5) is 0. The molecule has 0 saturated carbocycles. The van der Waals surface area contributed by atoms with Crippen molar-refractivity contribution in [1.82, 2.24) is 0 Å². The topological polar surface area (TPSA) is 77.4 Å². The monoisotopic (exact) mass is 450 g/mol. The molecule has 6 nitrogen and oxygen atoms in total. The molecule has 174 valence electrons. The van der Waals surface area contributed by atoms with Crippen LogP contribution in [0.5, 0.6) is 0 Å². The molecule has 1 heterocycles. The van der Waals surface area contributed by atoms with Crippen LogP contribution in [0.15, 0.2) is 91.0 Å². The summed E-state index contributed by atoms with van der Waals surface area (Å²) in [6.45, 7) is 0.532. The summed E-state index contributed by atoms with van der Waals surface area (Å²) in [5, 5.41) is 21.0. The van der Waals surface area contributed by atoms with Gasteiger partial charge < -0.3 is 29.2 Å². The van der Waals surface area contributed by atoms with Crippen molar-refractivity contribution >= 4 is 0 Å². The molecule has 0 spiro atoms. The summed E-state index contributed by atoms with van der Waals surface area (Å²) < 4.78 is 24.0. The number of aliphatic hydroxyl groups excluding tert-OH is 1. The highest BCUT2D eigenvalue weighted by molar-refractivity contribution is 5.15. The lowest BCUT2D eigenvalue weighted by Crippen LogP contribution is -2.48. The predicted molar refractivity (Wildman–Crippen MR) is 123 cm³/mol. The van der Waals surface area contributed by atoms with Gasteiger partial charge in [0, 0.05) is 0 Å². The number of rotatable bonds is 11. The van der Waals surface area contributed by atoms with Crippen LogP contribution in [0, 0.1) is 0 Å². The molecule has 2 N–H and O–H groups in total. The van der Waals surface area contributed by atoms with Crippen molar-refractivity contribution < 1.29 is 29.2 Å². The van der Waals surface area contributed by atoms with E-state index in [9.17, 15) is 10.2 Å². The molecule has 0 aliphatic carbocycles. The van der Waals surface area contributed by atoms with Gasteiger partial charge in [-0.15, -0.1) is 0 Å². The van der Waals surface area contributed by atoms with Crippen LogP contribution in [0.2, 0.25) is 0 Å². The molecule has 0 radical (unpaired) electrons. The second-order valence-corrected chi connectivity index (χ2v) is 8.14. The Morgan fingerprint density at radius 1 is 0.697 bits per heavy atom. The fourth-order valence-electron chi connectivity index (χ4n) is 3.92. The van der Waals surface area contributed by atoms with Gasteiger partial charge in [0.25, 0.3) is 0 Å². The first kappa shape index (κ1) is 23.6. The van der Waals surface area contributed by atoms with E-state index in [1.807, 2.05) is 91.0 Å². The molecule has 33 heavy (non-hydrogen) atoms. The SMILES string of the molecule is OC[C@@]1(O)O[C@H](COCc2ccccc2)[C@@H](OCc2ccccc2)[C@@H]1OCc1ccccc1. The van der Waals surface area contributed by atoms with Gasteiger partial charge in [0.1, 0.15) is 18.3 Å². The molecule has 4 rings (SSSR count). The molecule has 6 heteroatoms. The normalized spacial score (nSPS) is 24.7. The molecule has 3 aromatic rings. The Kier molecular flexibility index (Phi) is 8.23. The van der Waals surface area contributed by atoms with Crippen LogP contribution in [0.25, 0.3) is 0 Å². The van der Waals surface area contributed by atoms with Gasteiger partial charge in [-0.1, -0.05) is 91.0 Å². The Labute approximate surface area is 194 Å². The summed E-state index contributed by atoms with van der Waals surface area (Å²) in [5.41, 5.74) is 2.97. The van der Waals surface area contributed by atoms with E-state index in [0.717, 1.165) is 16.7 Å². The minimum absolute atomic E-state index is 0.182. The molecular formula is C27H30O6. The van der Waals surface area contributed by atoms with E-state index in [1.54, 1.807) is 0 Å². The van der Waals surface area contributed by atoms with Crippen LogP contribution in [-0.2, 0) is 38.8 Å². The second-order valence-electron chi connectivity index (χ2n) is 8.14. The first-order chi connectivity index (χ1) is 16.2. The first-order valence-corrected chi connectivity index (χ1v) is 11.1. The van der Waals surface area contributed by atoms with Crippen molar-refractivity contribution in [3.8, 4) is 0 Å². The van der Waals surface area contributed by atoms with Gasteiger partial charge in [0.2, 0.25) is 5.79 Å². The molecule has 0 aromatic heterocycles. The summed E-state index contributed by atoms with van der Waals surface area (Å²) in [6.07, 6.45) is -2.14. The van der Waals surface area contributed by atoms with Crippen LogP contribution in [-0.4, -0.2) is 47.5 Å². The average Bonchev–Trinajstić information content (AvgIpc) is 3.14. The maximum Gasteiger partial charge on any atom is 0.219 e. The van der Waals surface area contributed by atoms with Gasteiger partial charge >= 0.3 is 0 Å². The standard InChI is InChI=1S/C27H30O6/c28-20-27(29)26(32-18-23-14-8-3-9-15-23)25(31-17-22-12-6-2-7-13-22)24(33-27)19-30-16-21-10-4-1-5-11-21/h1-15,24-26,28-29H,16-20H2/t24-,25-,26+,27-/m1/s1. The second kappa shape index (κ2) is 11.5. The Hall–Kier alpha value is -2.58. The zero-order valence-corrected chi connectivity index (χ0v) is 18.5. The quantitative estimate of drug-likeness (QED) is 0.466. The van der Waals surface area contributed by atoms with Crippen molar-refractivity contribution in [3.05, 3.63) is 108 Å². The van der Waals surface area contributed by atoms with Gasteiger partial charge in [0.05, 0.1) is 33.0 Å². The van der Waals surface area contributed by atoms with Gasteiger partial charge in [-0.2, -0.15) is 0 Å². The Morgan fingerprint density at radius 3 is 1.70 bits per heavy atom. The molecule has 1 fully saturated rings. The summed E-state index contributed by atoms with van der Waals surface area (Å²) in [5.74, 6) is -1.89. The van der Waals surface area contributed by atoms with Crippen molar-refractivity contribution in [2.24, 2.45) is 0 Å². The summed E-state index contributed by atoms with van der Waals surface area (Å²) >= 11 is 0. The van der Waals surface area contributed by atoms with Crippen molar-refractivity contribution in [2.45, 2.75) is 43.9 Å². The largest absolute Gasteiger partial charge is 0.391 e. The van der Waals surface area contributed by atoms with E-state index in [-0.39, 0.29) is 13.2 Å². The number of hydrogen-bond donors (Lipinski definition) is 2. The van der Waals surface area contributed by atoms with Crippen molar-refractivity contribution in [2.75, 3.05) is 13.2 Å². The first-order valence-electron chi connectivity index (χ1n) is 11.1. The highest BCUT2D eigenvalue weighted by Gasteiger charge is 2.56. The number of benzene rings is 3. The number of aliphatic hydroxyl groups is 2. The Balaban J connectivity index is 1.47. The van der Waals surface area contributed by atoms with Crippen LogP contribution in [0.3, 0.4) is 0 Å². The maximum absolute atomic E-state index is 11.1. The summed E-state index contributed by atoms with van der Waals surface area (Å²) in [6, 6.07) is 29.2. The van der Waals surface area contributed by atoms with E-state index in [0.29, 0.717) is 13.2 Å². The highest BCUT2D eigenvalue weighted by atomic mass is 16.7. The fraction of sp³-hybridized carbons (Fsp3) is 0.333. The van der Waals surface area contributed by atoms with Crippen LogP contribution < -0.4 is 0 Å². The molecule has 1 aliphatic rings. The van der Waals surface area contributed by atoms with E-state index in [2.05, 4.69) is 0 Å². The number of hydrogen-bond acceptors (Lipinski definition) is 6. The zero-order chi connectivity index (χ0) is 22.9. The van der Waals surface area contributed by atoms with E-state index < -0.39 is 30.7 Å². The third-order valence-electron chi connectivity index (χ3n) is 5.64. The lowest BCUT2D eigenvalue weighted by molar-refractivity contribution is -0.259. The molecule has 0 amide bonds. The zero-order valence-electron chi connectivity index (χ0n) is 18.5. The third kappa shape index (κ3) is 6.26. The van der Waals surface area contributed by atoms with Gasteiger partial charge in [-0.3, -0.25) is 0 Å². The Bertz CT molecular complexity index is 952. The molecular weight excluding hydrogens is 420 g/mol. The Morgan fingerprint density at radius 2 is 1.18 bits per heavy atom. The number of ether oxygens (including phenoxy) is 4. The van der Waals surface area contributed by atoms with Crippen LogP contribution >= 0.6 is 0 Å². The van der Waals surface area contributed by atoms with Gasteiger partial charge in [-0.05, 0) is 16.7 Å². The molecule has 0 bridgehead atoms. The lowest BCUT2D eigenvalue weighted by Gasteiger charge is -2.29. The lowest BCUT2D eigenvalue weighted by atomic mass is 10.0. The van der Waals surface area contributed by atoms with E-state index in [4.69, 9.17) is 18.9 Å². The van der Waals surface area contributed by atoms with E-state index in [1.165, 1.54) is 0 Å². The average molecular weight is 451 g/mol. The molecule has 3 aromatic carbocycles. The van der Waals surface area contributed by atoms with Gasteiger partial charge in [-0.25, -0.2) is 0 Å². The van der Waals surface area contributed by atoms with E-state index >= 15 is 0 Å². The summed E-state index contributed by atoms with van der Waals surface area (Å²) in [7, 11) is 0. The molecule has 4 atom stereocenters. The molecule has 0 unspecified atom stereocenters. The minimum atomic E-state index is -1.89. The predicted octanol–water partition coefficient (Wildman–Crippen LogP) is 3.45. The fourth-order valence-corrected chi connectivity index (χ4v) is 3.92. The van der Waals surface area contributed by atoms with Crippen molar-refractivity contribution in [3.63, 3.8) is 0 Å². The molecule has 1 saturated heterocycles. The van der Waals surface area contributed by atoms with Crippen LogP contribution in [0.4, 0.5) is 0 Å². The smallest absolute Gasteiger partial charge is 0.219 e. The third-order valence-corrected chi connectivity index (χ3v) is 5.64. The van der Waals surface area contributed by atoms with Gasteiger partial charge in [0.15, 0.2) is 0 Å². The molecule has 1 aliphatic heterocycles. The van der Waals surface area contributed by atoms with Crippen molar-refractivity contribution in [1.29, 1.82) is 0 Å².